The van der Waals surface area contributed by atoms with Gasteiger partial charge in [0.2, 0.25) is 0 Å². The molecule has 18 heavy (non-hydrogen) atoms. The molecule has 0 fully saturated rings. The summed E-state index contributed by atoms with van der Waals surface area (Å²) >= 11 is 0. The molecule has 1 amide bonds. The highest BCUT2D eigenvalue weighted by Gasteiger charge is 2.28. The van der Waals surface area contributed by atoms with Crippen LogP contribution >= 0.6 is 0 Å². The van der Waals surface area contributed by atoms with Crippen molar-refractivity contribution in [2.45, 2.75) is 39.3 Å². The Morgan fingerprint density at radius 3 is 2.78 bits per heavy atom. The van der Waals surface area contributed by atoms with Crippen molar-refractivity contribution in [1.29, 1.82) is 0 Å². The monoisotopic (exact) mass is 248 g/mol. The van der Waals surface area contributed by atoms with Crippen molar-refractivity contribution in [3.63, 3.8) is 0 Å². The molecule has 4 nitrogen and oxygen atoms in total. The average Bonchev–Trinajstić information content (AvgIpc) is 2.61. The van der Waals surface area contributed by atoms with E-state index in [0.29, 0.717) is 11.6 Å². The van der Waals surface area contributed by atoms with E-state index in [1.807, 2.05) is 18.2 Å². The number of nitrogens with zero attached hydrogens (tertiary/aromatic N) is 1. The van der Waals surface area contributed by atoms with E-state index in [1.54, 1.807) is 0 Å². The summed E-state index contributed by atoms with van der Waals surface area (Å²) in [6.45, 7) is 7.42. The number of hydrogen-bond acceptors (Lipinski definition) is 3. The van der Waals surface area contributed by atoms with Crippen molar-refractivity contribution in [3.05, 3.63) is 23.8 Å². The van der Waals surface area contributed by atoms with Gasteiger partial charge >= 0.3 is 0 Å². The molecule has 0 saturated heterocycles. The molecular weight excluding hydrogens is 228 g/mol. The lowest BCUT2D eigenvalue weighted by atomic mass is 10.1. The smallest absolute Gasteiger partial charge is 0.257 e. The van der Waals surface area contributed by atoms with Crippen molar-refractivity contribution < 1.29 is 9.90 Å². The number of aliphatic hydroxyl groups is 1. The molecule has 0 spiro atoms. The Bertz CT molecular complexity index is 457. The molecule has 98 valence electrons. The topological polar surface area (TPSA) is 52.6 Å². The minimum Gasteiger partial charge on any atom is -0.378 e. The van der Waals surface area contributed by atoms with Gasteiger partial charge in [0.1, 0.15) is 0 Å². The van der Waals surface area contributed by atoms with Gasteiger partial charge in [0.05, 0.1) is 0 Å². The van der Waals surface area contributed by atoms with Gasteiger partial charge in [0.25, 0.3) is 5.91 Å². The summed E-state index contributed by atoms with van der Waals surface area (Å²) in [7, 11) is 0. The van der Waals surface area contributed by atoms with Crippen LogP contribution in [0.5, 0.6) is 0 Å². The number of carbonyl (C=O) groups is 1. The zero-order valence-corrected chi connectivity index (χ0v) is 11.1. The fourth-order valence-corrected chi connectivity index (χ4v) is 2.34. The van der Waals surface area contributed by atoms with Crippen LogP contribution in [0.4, 0.5) is 11.4 Å². The SMILES string of the molecule is CCCN(c1ccc2c(c1)NC(=O)C2O)C(C)C. The van der Waals surface area contributed by atoms with Crippen LogP contribution in [0.3, 0.4) is 0 Å². The Labute approximate surface area is 108 Å². The first-order chi connectivity index (χ1) is 8.54. The molecule has 0 aromatic heterocycles. The van der Waals surface area contributed by atoms with Crippen LogP contribution in [0.15, 0.2) is 18.2 Å². The van der Waals surface area contributed by atoms with E-state index in [1.165, 1.54) is 0 Å². The Hall–Kier alpha value is -1.55. The highest BCUT2D eigenvalue weighted by Crippen LogP contribution is 2.34. The van der Waals surface area contributed by atoms with Gasteiger partial charge in [-0.1, -0.05) is 13.0 Å². The number of hydrogen-bond donors (Lipinski definition) is 2. The summed E-state index contributed by atoms with van der Waals surface area (Å²) in [6.07, 6.45) is 0.0530. The first kappa shape index (κ1) is 12.9. The summed E-state index contributed by atoms with van der Waals surface area (Å²) in [5.41, 5.74) is 2.48. The average molecular weight is 248 g/mol. The Morgan fingerprint density at radius 2 is 2.17 bits per heavy atom. The second-order valence-electron chi connectivity index (χ2n) is 4.95. The summed E-state index contributed by atoms with van der Waals surface area (Å²) in [5, 5.41) is 12.4. The lowest BCUT2D eigenvalue weighted by molar-refractivity contribution is -0.123. The molecule has 1 aromatic rings. The highest BCUT2D eigenvalue weighted by molar-refractivity contribution is 6.02. The zero-order chi connectivity index (χ0) is 13.3. The molecule has 2 N–H and O–H groups in total. The van der Waals surface area contributed by atoms with Crippen LogP contribution in [0.2, 0.25) is 0 Å². The van der Waals surface area contributed by atoms with E-state index in [2.05, 4.69) is 31.0 Å². The van der Waals surface area contributed by atoms with Gasteiger partial charge in [-0.2, -0.15) is 0 Å². The largest absolute Gasteiger partial charge is 0.378 e. The third-order valence-electron chi connectivity index (χ3n) is 3.26. The molecule has 2 rings (SSSR count). The number of nitrogens with one attached hydrogen (secondary N) is 1. The number of fused-ring (bicyclic) bond motifs is 1. The van der Waals surface area contributed by atoms with Gasteiger partial charge in [-0.3, -0.25) is 4.79 Å². The Morgan fingerprint density at radius 1 is 1.44 bits per heavy atom. The minimum atomic E-state index is -1.02. The van der Waals surface area contributed by atoms with Gasteiger partial charge in [-0.05, 0) is 32.4 Å². The molecule has 0 aliphatic carbocycles. The number of benzene rings is 1. The number of carbonyl (C=O) groups excluding carboxylic acids is 1. The van der Waals surface area contributed by atoms with E-state index in [9.17, 15) is 9.90 Å². The third kappa shape index (κ3) is 2.20. The summed E-state index contributed by atoms with van der Waals surface area (Å²) in [5.74, 6) is -0.339. The van der Waals surface area contributed by atoms with Crippen LogP contribution in [0.1, 0.15) is 38.9 Å². The minimum absolute atomic E-state index is 0.339. The van der Waals surface area contributed by atoms with E-state index >= 15 is 0 Å². The maximum absolute atomic E-state index is 11.4. The number of amides is 1. The van der Waals surface area contributed by atoms with Crippen molar-refractivity contribution in [2.24, 2.45) is 0 Å². The first-order valence-electron chi connectivity index (χ1n) is 6.44. The van der Waals surface area contributed by atoms with Gasteiger partial charge in [-0.15, -0.1) is 0 Å². The highest BCUT2D eigenvalue weighted by atomic mass is 16.3. The van der Waals surface area contributed by atoms with E-state index in [4.69, 9.17) is 0 Å². The fraction of sp³-hybridized carbons (Fsp3) is 0.500. The molecule has 0 bridgehead atoms. The maximum Gasteiger partial charge on any atom is 0.257 e. The van der Waals surface area contributed by atoms with Crippen LogP contribution in [0.25, 0.3) is 0 Å². The molecule has 1 atom stereocenters. The summed E-state index contributed by atoms with van der Waals surface area (Å²) in [4.78, 5) is 13.7. The maximum atomic E-state index is 11.4. The van der Waals surface area contributed by atoms with Crippen molar-refractivity contribution in [2.75, 3.05) is 16.8 Å². The molecule has 1 heterocycles. The van der Waals surface area contributed by atoms with Gasteiger partial charge in [0, 0.05) is 29.5 Å². The van der Waals surface area contributed by atoms with Gasteiger partial charge < -0.3 is 15.3 Å². The predicted octanol–water partition coefficient (Wildman–Crippen LogP) is 2.30. The lowest BCUT2D eigenvalue weighted by Crippen LogP contribution is -2.31. The van der Waals surface area contributed by atoms with Crippen molar-refractivity contribution in [3.8, 4) is 0 Å². The predicted molar refractivity (Wildman–Crippen MR) is 72.8 cm³/mol. The Balaban J connectivity index is 2.32. The van der Waals surface area contributed by atoms with Crippen LogP contribution in [-0.2, 0) is 4.79 Å². The molecule has 4 heteroatoms. The van der Waals surface area contributed by atoms with Crippen LogP contribution in [-0.4, -0.2) is 23.6 Å². The first-order valence-corrected chi connectivity index (χ1v) is 6.44. The third-order valence-corrected chi connectivity index (χ3v) is 3.26. The van der Waals surface area contributed by atoms with Gasteiger partial charge in [0.15, 0.2) is 6.10 Å². The molecule has 1 aromatic carbocycles. The number of anilines is 2. The van der Waals surface area contributed by atoms with E-state index < -0.39 is 6.10 Å². The molecule has 1 unspecified atom stereocenters. The quantitative estimate of drug-likeness (QED) is 0.859. The second-order valence-corrected chi connectivity index (χ2v) is 4.95. The van der Waals surface area contributed by atoms with Crippen molar-refractivity contribution >= 4 is 17.3 Å². The molecular formula is C14H20N2O2. The fourth-order valence-electron chi connectivity index (χ4n) is 2.34. The number of aliphatic hydroxyl groups excluding tert-OH is 1. The van der Waals surface area contributed by atoms with Gasteiger partial charge in [-0.25, -0.2) is 0 Å². The second kappa shape index (κ2) is 4.98. The molecule has 0 saturated carbocycles. The standard InChI is InChI=1S/C14H20N2O2/c1-4-7-16(9(2)3)10-5-6-11-12(8-10)15-14(18)13(11)17/h5-6,8-9,13,17H,4,7H2,1-3H3,(H,15,18). The molecule has 0 radical (unpaired) electrons. The number of rotatable bonds is 4. The van der Waals surface area contributed by atoms with Crippen molar-refractivity contribution in [1.82, 2.24) is 0 Å². The normalized spacial score (nSPS) is 17.8. The lowest BCUT2D eigenvalue weighted by Gasteiger charge is -2.29. The zero-order valence-electron chi connectivity index (χ0n) is 11.1. The summed E-state index contributed by atoms with van der Waals surface area (Å²) in [6, 6.07) is 6.15. The molecule has 1 aliphatic heterocycles. The van der Waals surface area contributed by atoms with Crippen LogP contribution < -0.4 is 10.2 Å². The van der Waals surface area contributed by atoms with E-state index in [0.717, 1.165) is 24.3 Å². The molecule has 1 aliphatic rings. The Kier molecular flexibility index (Phi) is 3.57. The summed E-state index contributed by atoms with van der Waals surface area (Å²) < 4.78 is 0. The van der Waals surface area contributed by atoms with E-state index in [-0.39, 0.29) is 5.91 Å². The van der Waals surface area contributed by atoms with Crippen LogP contribution in [0, 0.1) is 0 Å².